The number of carbonyl (C=O) groups is 3. The summed E-state index contributed by atoms with van der Waals surface area (Å²) in [5.74, 6) is -0.294. The first-order valence-corrected chi connectivity index (χ1v) is 10.0. The van der Waals surface area contributed by atoms with E-state index in [9.17, 15) is 14.4 Å². The van der Waals surface area contributed by atoms with Crippen LogP contribution in [0.15, 0.2) is 42.0 Å². The number of ether oxygens (including phenoxy) is 2. The van der Waals surface area contributed by atoms with Crippen LogP contribution in [0.2, 0.25) is 5.02 Å². The molecule has 7 heteroatoms. The number of esters is 1. The molecule has 1 atom stereocenters. The first kappa shape index (κ1) is 20.2. The molecule has 2 aromatic carbocycles. The van der Waals surface area contributed by atoms with E-state index in [1.54, 1.807) is 54.3 Å². The fraction of sp³-hybridized carbons (Fsp3) is 0.261. The van der Waals surface area contributed by atoms with Gasteiger partial charge in [-0.1, -0.05) is 11.6 Å². The van der Waals surface area contributed by atoms with Crippen LogP contribution < -0.4 is 9.64 Å². The molecule has 0 radical (unpaired) electrons. The number of nitrogens with zero attached hydrogens (tertiary/aromatic N) is 1. The molecule has 0 aromatic heterocycles. The van der Waals surface area contributed by atoms with E-state index in [2.05, 4.69) is 0 Å². The second kappa shape index (κ2) is 7.95. The van der Waals surface area contributed by atoms with Crippen molar-refractivity contribution < 1.29 is 23.9 Å². The van der Waals surface area contributed by atoms with Gasteiger partial charge in [0.1, 0.15) is 12.4 Å². The highest BCUT2D eigenvalue weighted by molar-refractivity contribution is 6.30. The topological polar surface area (TPSA) is 72.9 Å². The molecule has 0 unspecified atom stereocenters. The van der Waals surface area contributed by atoms with Crippen molar-refractivity contribution in [3.05, 3.63) is 63.7 Å². The van der Waals surface area contributed by atoms with Crippen molar-refractivity contribution in [1.29, 1.82) is 0 Å². The molecule has 154 valence electrons. The van der Waals surface area contributed by atoms with Crippen molar-refractivity contribution >= 4 is 41.0 Å². The van der Waals surface area contributed by atoms with Gasteiger partial charge >= 0.3 is 5.97 Å². The van der Waals surface area contributed by atoms with Gasteiger partial charge in [-0.2, -0.15) is 0 Å². The minimum atomic E-state index is -0.956. The van der Waals surface area contributed by atoms with Gasteiger partial charge in [0.15, 0.2) is 6.10 Å². The highest BCUT2D eigenvalue weighted by Crippen LogP contribution is 2.31. The molecule has 2 aromatic rings. The SMILES string of the molecule is CC(=O)N1CCc2cc(C(=O)[C@@H](C)OC(=O)C3=Cc4cc(Cl)ccc4OC3)ccc21. The van der Waals surface area contributed by atoms with Gasteiger partial charge in [-0.05, 0) is 61.4 Å². The van der Waals surface area contributed by atoms with E-state index < -0.39 is 12.1 Å². The van der Waals surface area contributed by atoms with Crippen LogP contribution in [0.4, 0.5) is 5.69 Å². The van der Waals surface area contributed by atoms with Crippen molar-refractivity contribution in [3.63, 3.8) is 0 Å². The van der Waals surface area contributed by atoms with Crippen molar-refractivity contribution in [3.8, 4) is 5.75 Å². The minimum Gasteiger partial charge on any atom is -0.488 e. The Bertz CT molecular complexity index is 1090. The molecular weight excluding hydrogens is 406 g/mol. The van der Waals surface area contributed by atoms with Crippen molar-refractivity contribution in [1.82, 2.24) is 0 Å². The molecule has 0 saturated carbocycles. The number of hydrogen-bond donors (Lipinski definition) is 0. The summed E-state index contributed by atoms with van der Waals surface area (Å²) in [6.45, 7) is 3.73. The molecule has 0 N–H and O–H groups in total. The number of fused-ring (bicyclic) bond motifs is 2. The second-order valence-electron chi connectivity index (χ2n) is 7.32. The summed E-state index contributed by atoms with van der Waals surface area (Å²) in [6, 6.07) is 10.4. The Morgan fingerprint density at radius 1 is 1.17 bits per heavy atom. The normalized spacial score (nSPS) is 15.4. The number of rotatable bonds is 4. The highest BCUT2D eigenvalue weighted by Gasteiger charge is 2.27. The average molecular weight is 426 g/mol. The second-order valence-corrected chi connectivity index (χ2v) is 7.75. The lowest BCUT2D eigenvalue weighted by Gasteiger charge is -2.19. The summed E-state index contributed by atoms with van der Waals surface area (Å²) in [6.07, 6.45) is 1.40. The molecule has 4 rings (SSSR count). The lowest BCUT2D eigenvalue weighted by atomic mass is 10.0. The van der Waals surface area contributed by atoms with Crippen LogP contribution in [0, 0.1) is 0 Å². The number of hydrogen-bond acceptors (Lipinski definition) is 5. The van der Waals surface area contributed by atoms with Crippen molar-refractivity contribution in [2.75, 3.05) is 18.1 Å². The van der Waals surface area contributed by atoms with Crippen LogP contribution >= 0.6 is 11.6 Å². The third-order valence-corrected chi connectivity index (χ3v) is 5.47. The summed E-state index contributed by atoms with van der Waals surface area (Å²) >= 11 is 6.00. The Morgan fingerprint density at radius 3 is 2.73 bits per heavy atom. The van der Waals surface area contributed by atoms with Crippen LogP contribution in [0.25, 0.3) is 6.08 Å². The highest BCUT2D eigenvalue weighted by atomic mass is 35.5. The standard InChI is InChI=1S/C23H20ClNO5/c1-13(22(27)16-3-5-20-15(9-16)7-8-25(20)14(2)26)30-23(28)18-10-17-11-19(24)4-6-21(17)29-12-18/h3-6,9-11,13H,7-8,12H2,1-2H3/t13-/m1/s1. The smallest absolute Gasteiger partial charge is 0.338 e. The molecule has 0 bridgehead atoms. The van der Waals surface area contributed by atoms with E-state index in [4.69, 9.17) is 21.1 Å². The Morgan fingerprint density at radius 2 is 1.97 bits per heavy atom. The third kappa shape index (κ3) is 3.83. The molecule has 0 fully saturated rings. The Hall–Kier alpha value is -3.12. The number of anilines is 1. The van der Waals surface area contributed by atoms with Crippen molar-refractivity contribution in [2.24, 2.45) is 0 Å². The van der Waals surface area contributed by atoms with Crippen LogP contribution in [-0.4, -0.2) is 36.9 Å². The predicted octanol–water partition coefficient (Wildman–Crippen LogP) is 3.84. The summed E-state index contributed by atoms with van der Waals surface area (Å²) in [5.41, 5.74) is 3.21. The monoisotopic (exact) mass is 425 g/mol. The zero-order valence-corrected chi connectivity index (χ0v) is 17.4. The lowest BCUT2D eigenvalue weighted by Crippen LogP contribution is -2.27. The first-order valence-electron chi connectivity index (χ1n) is 9.62. The van der Waals surface area contributed by atoms with Crippen molar-refractivity contribution in [2.45, 2.75) is 26.4 Å². The Kier molecular flexibility index (Phi) is 5.35. The molecule has 2 heterocycles. The van der Waals surface area contributed by atoms with Crippen LogP contribution in [-0.2, 0) is 20.7 Å². The van der Waals surface area contributed by atoms with E-state index in [1.165, 1.54) is 6.92 Å². The zero-order valence-electron chi connectivity index (χ0n) is 16.6. The summed E-state index contributed by atoms with van der Waals surface area (Å²) in [4.78, 5) is 38.7. The van der Waals surface area contributed by atoms with Gasteiger partial charge < -0.3 is 14.4 Å². The quantitative estimate of drug-likeness (QED) is 0.549. The molecule has 0 aliphatic carbocycles. The van der Waals surface area contributed by atoms with E-state index in [0.717, 1.165) is 11.3 Å². The molecule has 2 aliphatic rings. The van der Waals surface area contributed by atoms with Crippen LogP contribution in [0.3, 0.4) is 0 Å². The molecule has 30 heavy (non-hydrogen) atoms. The van der Waals surface area contributed by atoms with E-state index in [0.29, 0.717) is 40.4 Å². The lowest BCUT2D eigenvalue weighted by molar-refractivity contribution is -0.142. The number of halogens is 1. The van der Waals surface area contributed by atoms with Gasteiger partial charge in [0.2, 0.25) is 11.7 Å². The van der Waals surface area contributed by atoms with Crippen LogP contribution in [0.1, 0.15) is 35.3 Å². The van der Waals surface area contributed by atoms with Gasteiger partial charge in [-0.15, -0.1) is 0 Å². The predicted molar refractivity (Wildman–Crippen MR) is 113 cm³/mol. The van der Waals surface area contributed by atoms with Gasteiger partial charge in [-0.3, -0.25) is 9.59 Å². The summed E-state index contributed by atoms with van der Waals surface area (Å²) < 4.78 is 11.0. The maximum atomic E-state index is 12.8. The van der Waals surface area contributed by atoms with Gasteiger partial charge in [0.25, 0.3) is 0 Å². The Labute approximate surface area is 179 Å². The molecule has 0 saturated heterocycles. The van der Waals surface area contributed by atoms with E-state index in [-0.39, 0.29) is 18.3 Å². The van der Waals surface area contributed by atoms with Gasteiger partial charge in [0, 0.05) is 35.3 Å². The fourth-order valence-electron chi connectivity index (χ4n) is 3.67. The molecule has 0 spiro atoms. The van der Waals surface area contributed by atoms with Gasteiger partial charge in [0.05, 0.1) is 5.57 Å². The molecule has 2 aliphatic heterocycles. The number of Topliss-reactive ketones (excluding diaryl/α,β-unsaturated/α-hetero) is 1. The number of ketones is 1. The van der Waals surface area contributed by atoms with E-state index in [1.807, 2.05) is 0 Å². The third-order valence-electron chi connectivity index (χ3n) is 5.24. The summed E-state index contributed by atoms with van der Waals surface area (Å²) in [7, 11) is 0. The molecule has 1 amide bonds. The average Bonchev–Trinajstić information content (AvgIpc) is 3.16. The maximum Gasteiger partial charge on any atom is 0.338 e. The maximum absolute atomic E-state index is 12.8. The minimum absolute atomic E-state index is 0.0269. The number of amides is 1. The summed E-state index contributed by atoms with van der Waals surface area (Å²) in [5, 5.41) is 0.534. The van der Waals surface area contributed by atoms with Crippen LogP contribution in [0.5, 0.6) is 5.75 Å². The van der Waals surface area contributed by atoms with E-state index >= 15 is 0 Å². The number of benzene rings is 2. The number of carbonyl (C=O) groups excluding carboxylic acids is 3. The van der Waals surface area contributed by atoms with Gasteiger partial charge in [-0.25, -0.2) is 4.79 Å². The fourth-order valence-corrected chi connectivity index (χ4v) is 3.85. The Balaban J connectivity index is 1.47. The molecule has 6 nitrogen and oxygen atoms in total. The first-order chi connectivity index (χ1) is 14.3. The molecular formula is C23H20ClNO5. The largest absolute Gasteiger partial charge is 0.488 e. The zero-order chi connectivity index (χ0) is 21.4.